The van der Waals surface area contributed by atoms with Crippen molar-refractivity contribution in [3.8, 4) is 0 Å². The first-order valence-corrected chi connectivity index (χ1v) is 4.39. The Labute approximate surface area is 83.0 Å². The number of nitrogens with zero attached hydrogens (tertiary/aromatic N) is 1. The van der Waals surface area contributed by atoms with E-state index in [2.05, 4.69) is 4.74 Å². The summed E-state index contributed by atoms with van der Waals surface area (Å²) in [6.07, 6.45) is -1.20. The third-order valence-electron chi connectivity index (χ3n) is 1.98. The maximum atomic E-state index is 11.3. The van der Waals surface area contributed by atoms with Crippen molar-refractivity contribution in [2.75, 3.05) is 13.7 Å². The van der Waals surface area contributed by atoms with Crippen molar-refractivity contribution in [3.63, 3.8) is 0 Å². The van der Waals surface area contributed by atoms with E-state index in [4.69, 9.17) is 4.74 Å². The van der Waals surface area contributed by atoms with Crippen molar-refractivity contribution in [2.24, 2.45) is 5.41 Å². The van der Waals surface area contributed by atoms with Crippen molar-refractivity contribution >= 4 is 12.0 Å². The molecule has 1 rings (SSSR count). The van der Waals surface area contributed by atoms with E-state index >= 15 is 0 Å². The molecule has 1 atom stereocenters. The second-order valence-corrected chi connectivity index (χ2v) is 4.26. The largest absolute Gasteiger partial charge is 0.452 e. The molecule has 0 spiro atoms. The molecule has 0 aromatic carbocycles. The molecule has 5 nitrogen and oxygen atoms in total. The molecule has 0 aliphatic carbocycles. The summed E-state index contributed by atoms with van der Waals surface area (Å²) in [6, 6.07) is 0. The van der Waals surface area contributed by atoms with E-state index in [1.165, 1.54) is 7.11 Å². The number of imide groups is 1. The minimum Gasteiger partial charge on any atom is -0.452 e. The molecule has 5 heteroatoms. The summed E-state index contributed by atoms with van der Waals surface area (Å²) in [6.45, 7) is 5.63. The summed E-state index contributed by atoms with van der Waals surface area (Å²) in [7, 11) is 1.24. The molecule has 2 amide bonds. The van der Waals surface area contributed by atoms with Crippen molar-refractivity contribution < 1.29 is 19.1 Å². The van der Waals surface area contributed by atoms with Gasteiger partial charge in [0.15, 0.2) is 0 Å². The third-order valence-corrected chi connectivity index (χ3v) is 1.98. The van der Waals surface area contributed by atoms with Gasteiger partial charge in [-0.1, -0.05) is 20.8 Å². The Balaban J connectivity index is 2.88. The first kappa shape index (κ1) is 11.0. The van der Waals surface area contributed by atoms with Crippen LogP contribution in [0.3, 0.4) is 0 Å². The van der Waals surface area contributed by atoms with E-state index < -0.39 is 12.3 Å². The molecule has 0 radical (unpaired) electrons. The number of carbonyl (C=O) groups is 2. The van der Waals surface area contributed by atoms with Crippen molar-refractivity contribution in [1.82, 2.24) is 4.90 Å². The van der Waals surface area contributed by atoms with Gasteiger partial charge in [-0.05, 0) is 0 Å². The van der Waals surface area contributed by atoms with E-state index in [-0.39, 0.29) is 17.9 Å². The standard InChI is InChI=1S/C9H15NO4/c1-9(2,3)7-10(8(12)13-4)6(11)5-14-7/h7H,5H2,1-4H3/t7-/m0/s1. The molecule has 1 fully saturated rings. The maximum absolute atomic E-state index is 11.3. The second-order valence-electron chi connectivity index (χ2n) is 4.26. The van der Waals surface area contributed by atoms with Crippen LogP contribution in [0.1, 0.15) is 20.8 Å². The molecule has 14 heavy (non-hydrogen) atoms. The quantitative estimate of drug-likeness (QED) is 0.586. The fourth-order valence-electron chi connectivity index (χ4n) is 1.36. The van der Waals surface area contributed by atoms with E-state index in [9.17, 15) is 9.59 Å². The van der Waals surface area contributed by atoms with Crippen molar-refractivity contribution in [1.29, 1.82) is 0 Å². The number of hydrogen-bond acceptors (Lipinski definition) is 4. The molecular weight excluding hydrogens is 186 g/mol. The molecule has 0 saturated carbocycles. The van der Waals surface area contributed by atoms with Gasteiger partial charge in [-0.3, -0.25) is 4.79 Å². The first-order chi connectivity index (χ1) is 6.38. The van der Waals surface area contributed by atoms with Crippen LogP contribution in [-0.4, -0.2) is 36.8 Å². The predicted molar refractivity (Wildman–Crippen MR) is 48.4 cm³/mol. The summed E-state index contributed by atoms with van der Waals surface area (Å²) in [5.41, 5.74) is -0.305. The lowest BCUT2D eigenvalue weighted by Crippen LogP contribution is -2.45. The molecule has 1 aliphatic heterocycles. The maximum Gasteiger partial charge on any atom is 0.418 e. The normalized spacial score (nSPS) is 22.7. The average molecular weight is 201 g/mol. The number of rotatable bonds is 0. The lowest BCUT2D eigenvalue weighted by molar-refractivity contribution is -0.127. The Morgan fingerprint density at radius 2 is 2.14 bits per heavy atom. The van der Waals surface area contributed by atoms with Gasteiger partial charge in [-0.25, -0.2) is 9.69 Å². The monoisotopic (exact) mass is 201 g/mol. The van der Waals surface area contributed by atoms with Crippen LogP contribution in [-0.2, 0) is 14.3 Å². The number of hydrogen-bond donors (Lipinski definition) is 0. The van der Waals surface area contributed by atoms with Crippen LogP contribution in [0.5, 0.6) is 0 Å². The second kappa shape index (κ2) is 3.57. The summed E-state index contributed by atoms with van der Waals surface area (Å²) >= 11 is 0. The molecule has 1 saturated heterocycles. The third kappa shape index (κ3) is 1.87. The Morgan fingerprint density at radius 1 is 1.57 bits per heavy atom. The Kier molecular flexibility index (Phi) is 2.80. The molecule has 0 aromatic heterocycles. The van der Waals surface area contributed by atoms with Crippen LogP contribution in [0.15, 0.2) is 0 Å². The molecule has 1 aliphatic rings. The highest BCUT2D eigenvalue weighted by atomic mass is 16.6. The van der Waals surface area contributed by atoms with Gasteiger partial charge in [0.25, 0.3) is 5.91 Å². The van der Waals surface area contributed by atoms with Gasteiger partial charge in [0.05, 0.1) is 7.11 Å². The number of methoxy groups -OCH3 is 1. The zero-order chi connectivity index (χ0) is 10.9. The molecule has 0 bridgehead atoms. The van der Waals surface area contributed by atoms with Crippen LogP contribution >= 0.6 is 0 Å². The van der Waals surface area contributed by atoms with Gasteiger partial charge in [0.1, 0.15) is 12.8 Å². The summed E-state index contributed by atoms with van der Waals surface area (Å²) < 4.78 is 9.76. The van der Waals surface area contributed by atoms with Gasteiger partial charge < -0.3 is 9.47 Å². The molecule has 0 aromatic rings. The number of carbonyl (C=O) groups excluding carboxylic acids is 2. The number of amides is 2. The van der Waals surface area contributed by atoms with Crippen LogP contribution in [0.2, 0.25) is 0 Å². The topological polar surface area (TPSA) is 55.8 Å². The van der Waals surface area contributed by atoms with Crippen LogP contribution in [0, 0.1) is 5.41 Å². The average Bonchev–Trinajstić information content (AvgIpc) is 2.45. The molecule has 80 valence electrons. The zero-order valence-corrected chi connectivity index (χ0v) is 8.86. The minimum atomic E-state index is -0.660. The SMILES string of the molecule is COC(=O)N1C(=O)CO[C@H]1C(C)(C)C. The van der Waals surface area contributed by atoms with Gasteiger partial charge in [-0.15, -0.1) is 0 Å². The highest BCUT2D eigenvalue weighted by Crippen LogP contribution is 2.29. The summed E-state index contributed by atoms with van der Waals surface area (Å²) in [5.74, 6) is -0.350. The molecule has 0 N–H and O–H groups in total. The zero-order valence-electron chi connectivity index (χ0n) is 8.86. The summed E-state index contributed by atoms with van der Waals surface area (Å²) in [5, 5.41) is 0. The van der Waals surface area contributed by atoms with Crippen LogP contribution < -0.4 is 0 Å². The van der Waals surface area contributed by atoms with Crippen molar-refractivity contribution in [2.45, 2.75) is 27.0 Å². The van der Waals surface area contributed by atoms with Gasteiger partial charge in [0, 0.05) is 5.41 Å². The van der Waals surface area contributed by atoms with E-state index in [1.807, 2.05) is 20.8 Å². The molecule has 1 heterocycles. The smallest absolute Gasteiger partial charge is 0.418 e. The van der Waals surface area contributed by atoms with E-state index in [0.717, 1.165) is 4.90 Å². The Hall–Kier alpha value is -1.10. The highest BCUT2D eigenvalue weighted by Gasteiger charge is 2.44. The van der Waals surface area contributed by atoms with Gasteiger partial charge >= 0.3 is 6.09 Å². The fourth-order valence-corrected chi connectivity index (χ4v) is 1.36. The molecule has 0 unspecified atom stereocenters. The molecular formula is C9H15NO4. The van der Waals surface area contributed by atoms with Gasteiger partial charge in [0.2, 0.25) is 0 Å². The first-order valence-electron chi connectivity index (χ1n) is 4.39. The fraction of sp³-hybridized carbons (Fsp3) is 0.778. The van der Waals surface area contributed by atoms with Crippen molar-refractivity contribution in [3.05, 3.63) is 0 Å². The summed E-state index contributed by atoms with van der Waals surface area (Å²) in [4.78, 5) is 23.6. The van der Waals surface area contributed by atoms with Crippen LogP contribution in [0.4, 0.5) is 4.79 Å². The minimum absolute atomic E-state index is 0.0585. The van der Waals surface area contributed by atoms with E-state index in [1.54, 1.807) is 0 Å². The van der Waals surface area contributed by atoms with E-state index in [0.29, 0.717) is 0 Å². The Morgan fingerprint density at radius 3 is 2.57 bits per heavy atom. The Bertz CT molecular complexity index is 256. The predicted octanol–water partition coefficient (Wildman–Crippen LogP) is 0.984. The lowest BCUT2D eigenvalue weighted by Gasteiger charge is -2.30. The highest BCUT2D eigenvalue weighted by molar-refractivity contribution is 5.94. The van der Waals surface area contributed by atoms with Crippen LogP contribution in [0.25, 0.3) is 0 Å². The number of ether oxygens (including phenoxy) is 2. The van der Waals surface area contributed by atoms with Gasteiger partial charge in [-0.2, -0.15) is 0 Å². The lowest BCUT2D eigenvalue weighted by atomic mass is 9.94.